The number of carboxylic acid groups (broad SMARTS) is 1. The Labute approximate surface area is 285 Å². The Balaban J connectivity index is 0.000000654. The van der Waals surface area contributed by atoms with Crippen LogP contribution in [0.3, 0.4) is 0 Å². The van der Waals surface area contributed by atoms with E-state index in [0.29, 0.717) is 34.9 Å². The number of alkyl halides is 6. The average Bonchev–Trinajstić information content (AvgIpc) is 3.73. The Morgan fingerprint density at radius 2 is 1.63 bits per heavy atom. The number of halogens is 6. The molecule has 0 spiro atoms. The van der Waals surface area contributed by atoms with E-state index in [0.717, 1.165) is 49.2 Å². The maximum Gasteiger partial charge on any atom is 0.490 e. The predicted octanol–water partition coefficient (Wildman–Crippen LogP) is 6.35. The molecule has 1 aliphatic rings. The maximum absolute atomic E-state index is 13.0. The summed E-state index contributed by atoms with van der Waals surface area (Å²) in [4.78, 5) is 30.0. The third kappa shape index (κ3) is 9.41. The molecule has 3 aromatic heterocycles. The molecule has 5 aromatic rings. The molecule has 1 fully saturated rings. The van der Waals surface area contributed by atoms with Crippen LogP contribution in [-0.2, 0) is 17.5 Å². The molecule has 1 saturated heterocycles. The van der Waals surface area contributed by atoms with Crippen molar-refractivity contribution in [3.05, 3.63) is 95.8 Å². The van der Waals surface area contributed by atoms with E-state index in [1.165, 1.54) is 12.1 Å². The van der Waals surface area contributed by atoms with E-state index in [-0.39, 0.29) is 17.4 Å². The number of nitrogens with one attached hydrogen (secondary N) is 3. The van der Waals surface area contributed by atoms with Gasteiger partial charge in [0.25, 0.3) is 5.91 Å². The lowest BCUT2D eigenvalue weighted by molar-refractivity contribution is -0.192. The van der Waals surface area contributed by atoms with Gasteiger partial charge in [0.2, 0.25) is 0 Å². The molecule has 6 rings (SSSR count). The van der Waals surface area contributed by atoms with E-state index in [2.05, 4.69) is 25.9 Å². The number of carboxylic acids is 1. The first-order valence-corrected chi connectivity index (χ1v) is 15.1. The first-order valence-electron chi connectivity index (χ1n) is 15.1. The molecule has 0 bridgehead atoms. The summed E-state index contributed by atoms with van der Waals surface area (Å²) in [5.74, 6) is -1.18. The summed E-state index contributed by atoms with van der Waals surface area (Å²) in [5, 5.41) is 22.0. The molecule has 4 heterocycles. The van der Waals surface area contributed by atoms with Crippen molar-refractivity contribution >= 4 is 34.5 Å². The molecular formula is C33H29F6N7O5. The highest BCUT2D eigenvalue weighted by molar-refractivity contribution is 6.03. The molecular weight excluding hydrogens is 688 g/mol. The van der Waals surface area contributed by atoms with E-state index in [1.54, 1.807) is 31.5 Å². The van der Waals surface area contributed by atoms with Gasteiger partial charge in [-0.2, -0.15) is 31.4 Å². The topological polar surface area (TPSA) is 153 Å². The summed E-state index contributed by atoms with van der Waals surface area (Å²) in [5.41, 5.74) is 0.975. The van der Waals surface area contributed by atoms with Crippen LogP contribution in [0.1, 0.15) is 27.9 Å². The lowest BCUT2D eigenvalue weighted by Gasteiger charge is -2.12. The normalized spacial score (nSPS) is 14.4. The van der Waals surface area contributed by atoms with Crippen molar-refractivity contribution in [2.24, 2.45) is 0 Å². The van der Waals surface area contributed by atoms with Crippen LogP contribution in [0.2, 0.25) is 0 Å². The minimum Gasteiger partial charge on any atom is -0.497 e. The largest absolute Gasteiger partial charge is 0.497 e. The molecule has 268 valence electrons. The van der Waals surface area contributed by atoms with E-state index in [1.807, 2.05) is 28.9 Å². The smallest absolute Gasteiger partial charge is 0.490 e. The van der Waals surface area contributed by atoms with Crippen molar-refractivity contribution in [1.82, 2.24) is 25.1 Å². The summed E-state index contributed by atoms with van der Waals surface area (Å²) >= 11 is 0. The van der Waals surface area contributed by atoms with Crippen molar-refractivity contribution in [3.8, 4) is 17.2 Å². The van der Waals surface area contributed by atoms with Gasteiger partial charge >= 0.3 is 18.3 Å². The Kier molecular flexibility index (Phi) is 10.9. The quantitative estimate of drug-likeness (QED) is 0.127. The zero-order valence-corrected chi connectivity index (χ0v) is 26.5. The first-order chi connectivity index (χ1) is 24.2. The van der Waals surface area contributed by atoms with E-state index in [4.69, 9.17) is 24.5 Å². The molecule has 1 atom stereocenters. The molecule has 0 aliphatic carbocycles. The number of methoxy groups -OCH3 is 1. The summed E-state index contributed by atoms with van der Waals surface area (Å²) in [7, 11) is 1.62. The SMILES string of the molecule is COc1ccc(Cn2nc(N[C@@H]3CCNC3)c3c(Oc4ccc(C(=O)Nc5cc(C(F)(F)F)ccn5)cc4)ccnc32)cc1.O=C(O)C(F)(F)F. The lowest BCUT2D eigenvalue weighted by Crippen LogP contribution is -2.22. The number of aliphatic carboxylic acids is 1. The van der Waals surface area contributed by atoms with Crippen LogP contribution in [-0.4, -0.2) is 69.1 Å². The van der Waals surface area contributed by atoms with Gasteiger partial charge in [0.15, 0.2) is 11.5 Å². The number of anilines is 2. The average molecular weight is 718 g/mol. The number of hydrogen-bond acceptors (Lipinski definition) is 9. The van der Waals surface area contributed by atoms with Crippen LogP contribution < -0.4 is 25.4 Å². The molecule has 1 aliphatic heterocycles. The fourth-order valence-electron chi connectivity index (χ4n) is 4.91. The zero-order valence-electron chi connectivity index (χ0n) is 26.5. The van der Waals surface area contributed by atoms with E-state index < -0.39 is 29.8 Å². The molecule has 18 heteroatoms. The van der Waals surface area contributed by atoms with Crippen LogP contribution in [0.4, 0.5) is 38.0 Å². The number of pyridine rings is 2. The molecule has 0 saturated carbocycles. The number of carbonyl (C=O) groups is 2. The van der Waals surface area contributed by atoms with Crippen LogP contribution in [0.25, 0.3) is 11.0 Å². The second kappa shape index (κ2) is 15.3. The number of fused-ring (bicyclic) bond motifs is 1. The summed E-state index contributed by atoms with van der Waals surface area (Å²) in [6.45, 7) is 2.20. The summed E-state index contributed by atoms with van der Waals surface area (Å²) in [6.07, 6.45) is -6.04. The van der Waals surface area contributed by atoms with Gasteiger partial charge in [-0.25, -0.2) is 19.4 Å². The Hall–Kier alpha value is -5.91. The van der Waals surface area contributed by atoms with Crippen molar-refractivity contribution in [2.75, 3.05) is 30.8 Å². The van der Waals surface area contributed by atoms with E-state index >= 15 is 0 Å². The number of carbonyl (C=O) groups excluding carboxylic acids is 1. The third-order valence-corrected chi connectivity index (χ3v) is 7.40. The van der Waals surface area contributed by atoms with Gasteiger partial charge in [-0.15, -0.1) is 0 Å². The van der Waals surface area contributed by atoms with Crippen LogP contribution >= 0.6 is 0 Å². The Bertz CT molecular complexity index is 1980. The third-order valence-electron chi connectivity index (χ3n) is 7.40. The number of aromatic nitrogens is 4. The second-order valence-electron chi connectivity index (χ2n) is 11.0. The number of amides is 1. The van der Waals surface area contributed by atoms with Gasteiger partial charge in [0.05, 0.1) is 19.2 Å². The molecule has 1 amide bonds. The molecule has 0 radical (unpaired) electrons. The van der Waals surface area contributed by atoms with Crippen LogP contribution in [0, 0.1) is 0 Å². The van der Waals surface area contributed by atoms with Crippen molar-refractivity contribution < 1.29 is 50.5 Å². The van der Waals surface area contributed by atoms with E-state index in [9.17, 15) is 31.1 Å². The molecule has 4 N–H and O–H groups in total. The van der Waals surface area contributed by atoms with Crippen LogP contribution in [0.5, 0.6) is 17.2 Å². The van der Waals surface area contributed by atoms with Gasteiger partial charge < -0.3 is 30.5 Å². The van der Waals surface area contributed by atoms with Gasteiger partial charge in [-0.1, -0.05) is 12.1 Å². The first kappa shape index (κ1) is 36.4. The lowest BCUT2D eigenvalue weighted by atomic mass is 10.2. The molecule has 51 heavy (non-hydrogen) atoms. The van der Waals surface area contributed by atoms with Crippen molar-refractivity contribution in [1.29, 1.82) is 0 Å². The number of rotatable bonds is 9. The zero-order chi connectivity index (χ0) is 36.8. The van der Waals surface area contributed by atoms with Crippen molar-refractivity contribution in [3.63, 3.8) is 0 Å². The fraction of sp³-hybridized carbons (Fsp3) is 0.242. The molecule has 12 nitrogen and oxygen atoms in total. The van der Waals surface area contributed by atoms with Gasteiger partial charge in [-0.3, -0.25) is 4.79 Å². The van der Waals surface area contributed by atoms with Gasteiger partial charge in [0.1, 0.15) is 28.5 Å². The fourth-order valence-corrected chi connectivity index (χ4v) is 4.91. The molecule has 0 unspecified atom stereocenters. The predicted molar refractivity (Wildman–Crippen MR) is 172 cm³/mol. The Morgan fingerprint density at radius 3 is 2.24 bits per heavy atom. The number of ether oxygens (including phenoxy) is 2. The highest BCUT2D eigenvalue weighted by atomic mass is 19.4. The minimum atomic E-state index is -5.08. The molecule has 2 aromatic carbocycles. The van der Waals surface area contributed by atoms with Gasteiger partial charge in [0, 0.05) is 36.6 Å². The highest BCUT2D eigenvalue weighted by Gasteiger charge is 2.38. The standard InChI is InChI=1S/C31H28F3N7O3.C2HF3O2/c1-43-23-6-2-19(3-7-23)18-41-29-27(28(40-41)38-22-11-13-35-17-22)25(12-15-37-29)44-24-8-4-20(5-9-24)30(42)39-26-16-21(10-14-36-26)31(32,33)34;3-2(4,5)1(6)7/h2-10,12,14-16,22,35H,11,13,17-18H2,1H3,(H,38,40)(H,36,39,42);(H,6,7)/t22-;/m1./s1. The van der Waals surface area contributed by atoms with Crippen molar-refractivity contribution in [2.45, 2.75) is 31.4 Å². The number of nitrogens with zero attached hydrogens (tertiary/aromatic N) is 4. The number of hydrogen-bond donors (Lipinski definition) is 4. The second-order valence-corrected chi connectivity index (χ2v) is 11.0. The summed E-state index contributed by atoms with van der Waals surface area (Å²) < 4.78 is 84.2. The minimum absolute atomic E-state index is 0.194. The highest BCUT2D eigenvalue weighted by Crippen LogP contribution is 2.35. The maximum atomic E-state index is 13.0. The van der Waals surface area contributed by atoms with Gasteiger partial charge in [-0.05, 0) is 67.1 Å². The number of benzene rings is 2. The monoisotopic (exact) mass is 717 g/mol. The van der Waals surface area contributed by atoms with Crippen LogP contribution in [0.15, 0.2) is 79.1 Å². The Morgan fingerprint density at radius 1 is 0.961 bits per heavy atom. The summed E-state index contributed by atoms with van der Waals surface area (Å²) in [6, 6.07) is 17.6.